The fourth-order valence-electron chi connectivity index (χ4n) is 2.68. The number of halogens is 1. The van der Waals surface area contributed by atoms with Gasteiger partial charge in [-0.15, -0.1) is 0 Å². The van der Waals surface area contributed by atoms with Crippen molar-refractivity contribution < 1.29 is 28.0 Å². The highest BCUT2D eigenvalue weighted by Crippen LogP contribution is 2.20. The van der Waals surface area contributed by atoms with Crippen molar-refractivity contribution in [2.24, 2.45) is 0 Å². The number of hydrogen-bond acceptors (Lipinski definition) is 7. The van der Waals surface area contributed by atoms with Crippen LogP contribution in [0.1, 0.15) is 25.7 Å². The Labute approximate surface area is 183 Å². The van der Waals surface area contributed by atoms with Gasteiger partial charge in [0.05, 0.1) is 7.11 Å². The van der Waals surface area contributed by atoms with Crippen LogP contribution in [-0.2, 0) is 16.0 Å². The zero-order chi connectivity index (χ0) is 22.9. The summed E-state index contributed by atoms with van der Waals surface area (Å²) in [4.78, 5) is 28.3. The van der Waals surface area contributed by atoms with E-state index in [1.54, 1.807) is 19.2 Å². The molecule has 168 valence electrons. The fraction of sp³-hybridized carbons (Fsp3) is 0.273. The minimum atomic E-state index is -0.879. The quantitative estimate of drug-likeness (QED) is 0.490. The lowest BCUT2D eigenvalue weighted by molar-refractivity contribution is -0.132. The molecular formula is C22H23FN4O5. The molecule has 2 aromatic carbocycles. The van der Waals surface area contributed by atoms with Gasteiger partial charge in [0.25, 0.3) is 5.91 Å². The molecule has 1 unspecified atom stereocenters. The molecular weight excluding hydrogens is 419 g/mol. The summed E-state index contributed by atoms with van der Waals surface area (Å²) in [6, 6.07) is 12.5. The molecule has 0 aliphatic carbocycles. The maximum atomic E-state index is 12.9. The van der Waals surface area contributed by atoms with Gasteiger partial charge in [-0.05, 0) is 61.9 Å². The minimum Gasteiger partial charge on any atom is -0.497 e. The summed E-state index contributed by atoms with van der Waals surface area (Å²) in [5, 5.41) is 3.94. The predicted octanol–water partition coefficient (Wildman–Crippen LogP) is 2.82. The molecule has 0 saturated heterocycles. The lowest BCUT2D eigenvalue weighted by atomic mass is 10.2. The number of methoxy groups -OCH3 is 1. The summed E-state index contributed by atoms with van der Waals surface area (Å²) < 4.78 is 28.6. The molecule has 3 rings (SSSR count). The highest BCUT2D eigenvalue weighted by atomic mass is 19.1. The molecule has 0 bridgehead atoms. The molecule has 1 atom stereocenters. The molecule has 0 radical (unpaired) electrons. The zero-order valence-electron chi connectivity index (χ0n) is 17.6. The van der Waals surface area contributed by atoms with Gasteiger partial charge >= 0.3 is 0 Å². The van der Waals surface area contributed by atoms with E-state index in [2.05, 4.69) is 21.0 Å². The van der Waals surface area contributed by atoms with Gasteiger partial charge in [0, 0.05) is 18.4 Å². The number of benzene rings is 2. The van der Waals surface area contributed by atoms with Crippen molar-refractivity contribution in [3.05, 3.63) is 60.2 Å². The second kappa shape index (κ2) is 10.9. The van der Waals surface area contributed by atoms with Gasteiger partial charge in [0.1, 0.15) is 17.3 Å². The van der Waals surface area contributed by atoms with Crippen LogP contribution in [-0.4, -0.2) is 35.2 Å². The van der Waals surface area contributed by atoms with Crippen LogP contribution < -0.4 is 20.3 Å². The molecule has 1 aromatic heterocycles. The number of nitrogens with zero attached hydrogens (tertiary/aromatic N) is 2. The van der Waals surface area contributed by atoms with Gasteiger partial charge in [0.2, 0.25) is 17.6 Å². The van der Waals surface area contributed by atoms with Crippen molar-refractivity contribution in [3.63, 3.8) is 0 Å². The van der Waals surface area contributed by atoms with Gasteiger partial charge in [-0.3, -0.25) is 20.4 Å². The molecule has 0 spiro atoms. The van der Waals surface area contributed by atoms with Crippen LogP contribution in [0.3, 0.4) is 0 Å². The first kappa shape index (κ1) is 22.7. The van der Waals surface area contributed by atoms with E-state index in [0.717, 1.165) is 11.3 Å². The van der Waals surface area contributed by atoms with E-state index >= 15 is 0 Å². The monoisotopic (exact) mass is 442 g/mol. The molecule has 10 heteroatoms. The van der Waals surface area contributed by atoms with Gasteiger partial charge in [0.15, 0.2) is 6.10 Å². The first-order valence-corrected chi connectivity index (χ1v) is 9.92. The number of carbonyl (C=O) groups is 2. The Bertz CT molecular complexity index is 1040. The SMILES string of the molecule is COc1ccc(-c2noc(CCCC(=O)NNC(=O)C(C)Oc3ccc(F)cc3)n2)cc1. The van der Waals surface area contributed by atoms with Crippen LogP contribution >= 0.6 is 0 Å². The van der Waals surface area contributed by atoms with E-state index in [-0.39, 0.29) is 12.3 Å². The normalized spacial score (nSPS) is 11.5. The van der Waals surface area contributed by atoms with E-state index < -0.39 is 17.8 Å². The molecule has 0 aliphatic heterocycles. The van der Waals surface area contributed by atoms with Crippen molar-refractivity contribution in [3.8, 4) is 22.9 Å². The number of hydrogen-bond donors (Lipinski definition) is 2. The maximum Gasteiger partial charge on any atom is 0.279 e. The third-order valence-corrected chi connectivity index (χ3v) is 4.43. The maximum absolute atomic E-state index is 12.9. The van der Waals surface area contributed by atoms with Crippen LogP contribution in [0, 0.1) is 5.82 Å². The molecule has 3 aromatic rings. The molecule has 0 aliphatic rings. The van der Waals surface area contributed by atoms with E-state index in [1.165, 1.54) is 31.2 Å². The van der Waals surface area contributed by atoms with Gasteiger partial charge in [-0.1, -0.05) is 5.16 Å². The first-order chi connectivity index (χ1) is 15.4. The number of aromatic nitrogens is 2. The highest BCUT2D eigenvalue weighted by molar-refractivity contribution is 5.84. The summed E-state index contributed by atoms with van der Waals surface area (Å²) in [7, 11) is 1.59. The van der Waals surface area contributed by atoms with E-state index in [1.807, 2.05) is 12.1 Å². The Hall–Kier alpha value is -3.95. The average Bonchev–Trinajstić information content (AvgIpc) is 3.28. The number of ether oxygens (including phenoxy) is 2. The van der Waals surface area contributed by atoms with Crippen molar-refractivity contribution >= 4 is 11.8 Å². The van der Waals surface area contributed by atoms with Crippen LogP contribution in [0.4, 0.5) is 4.39 Å². The summed E-state index contributed by atoms with van der Waals surface area (Å²) in [6.07, 6.45) is 0.131. The van der Waals surface area contributed by atoms with Crippen LogP contribution in [0.5, 0.6) is 11.5 Å². The van der Waals surface area contributed by atoms with Crippen molar-refractivity contribution in [1.82, 2.24) is 21.0 Å². The van der Waals surface area contributed by atoms with Crippen LogP contribution in [0.25, 0.3) is 11.4 Å². The van der Waals surface area contributed by atoms with Crippen molar-refractivity contribution in [2.45, 2.75) is 32.3 Å². The Balaban J connectivity index is 1.37. The van der Waals surface area contributed by atoms with E-state index in [0.29, 0.717) is 30.3 Å². The lowest BCUT2D eigenvalue weighted by Crippen LogP contribution is -2.47. The van der Waals surface area contributed by atoms with Crippen LogP contribution in [0.15, 0.2) is 53.1 Å². The second-order valence-corrected chi connectivity index (χ2v) is 6.85. The number of amides is 2. The van der Waals surface area contributed by atoms with E-state index in [4.69, 9.17) is 14.0 Å². The molecule has 32 heavy (non-hydrogen) atoms. The van der Waals surface area contributed by atoms with Crippen molar-refractivity contribution in [1.29, 1.82) is 0 Å². The van der Waals surface area contributed by atoms with Gasteiger partial charge in [-0.2, -0.15) is 4.98 Å². The Morgan fingerprint density at radius 1 is 1.06 bits per heavy atom. The highest BCUT2D eigenvalue weighted by Gasteiger charge is 2.16. The third-order valence-electron chi connectivity index (χ3n) is 4.43. The largest absolute Gasteiger partial charge is 0.497 e. The molecule has 2 amide bonds. The molecule has 0 fully saturated rings. The molecule has 0 saturated carbocycles. The number of hydrazine groups is 1. The standard InChI is InChI=1S/C22H23FN4O5/c1-14(31-18-12-8-16(23)9-13-18)22(29)26-25-19(28)4-3-5-20-24-21(27-32-20)15-6-10-17(30-2)11-7-15/h6-14H,3-5H2,1-2H3,(H,25,28)(H,26,29). The van der Waals surface area contributed by atoms with Gasteiger partial charge in [-0.25, -0.2) is 4.39 Å². The molecule has 2 N–H and O–H groups in total. The molecule has 1 heterocycles. The van der Waals surface area contributed by atoms with Crippen LogP contribution in [0.2, 0.25) is 0 Å². The third kappa shape index (κ3) is 6.53. The summed E-state index contributed by atoms with van der Waals surface area (Å²) in [5.41, 5.74) is 5.42. The lowest BCUT2D eigenvalue weighted by Gasteiger charge is -2.15. The number of aryl methyl sites for hydroxylation is 1. The Morgan fingerprint density at radius 2 is 1.75 bits per heavy atom. The number of rotatable bonds is 9. The Morgan fingerprint density at radius 3 is 2.44 bits per heavy atom. The number of carbonyl (C=O) groups excluding carboxylic acids is 2. The zero-order valence-corrected chi connectivity index (χ0v) is 17.6. The second-order valence-electron chi connectivity index (χ2n) is 6.85. The molecule has 9 nitrogen and oxygen atoms in total. The first-order valence-electron chi connectivity index (χ1n) is 9.92. The summed E-state index contributed by atoms with van der Waals surface area (Å²) >= 11 is 0. The topological polar surface area (TPSA) is 116 Å². The summed E-state index contributed by atoms with van der Waals surface area (Å²) in [5.74, 6) is 0.620. The van der Waals surface area contributed by atoms with Gasteiger partial charge < -0.3 is 14.0 Å². The predicted molar refractivity (Wildman–Crippen MR) is 112 cm³/mol. The summed E-state index contributed by atoms with van der Waals surface area (Å²) in [6.45, 7) is 1.51. The Kier molecular flexibility index (Phi) is 7.74. The minimum absolute atomic E-state index is 0.147. The number of nitrogens with one attached hydrogen (secondary N) is 2. The van der Waals surface area contributed by atoms with Crippen molar-refractivity contribution in [2.75, 3.05) is 7.11 Å². The average molecular weight is 442 g/mol. The smallest absolute Gasteiger partial charge is 0.279 e. The fourth-order valence-corrected chi connectivity index (χ4v) is 2.68. The van der Waals surface area contributed by atoms with E-state index in [9.17, 15) is 14.0 Å².